The third kappa shape index (κ3) is 5.51. The zero-order chi connectivity index (χ0) is 20.4. The molecule has 0 aromatic heterocycles. The van der Waals surface area contributed by atoms with Crippen molar-refractivity contribution in [3.63, 3.8) is 0 Å². The zero-order valence-corrected chi connectivity index (χ0v) is 17.5. The number of nitrogens with one attached hydrogen (secondary N) is 1. The van der Waals surface area contributed by atoms with Crippen LogP contribution < -0.4 is 5.32 Å². The van der Waals surface area contributed by atoms with Gasteiger partial charge in [0.2, 0.25) is 0 Å². The first-order valence-electron chi connectivity index (χ1n) is 9.55. The van der Waals surface area contributed by atoms with Gasteiger partial charge in [0.15, 0.2) is 0 Å². The van der Waals surface area contributed by atoms with Gasteiger partial charge in [-0.1, -0.05) is 50.2 Å². The molecule has 1 aliphatic heterocycles. The third-order valence-corrected chi connectivity index (χ3v) is 5.44. The van der Waals surface area contributed by atoms with Gasteiger partial charge in [-0.2, -0.15) is 13.2 Å². The Bertz CT molecular complexity index is 770. The summed E-state index contributed by atoms with van der Waals surface area (Å²) in [5.41, 5.74) is 1.78. The molecular formula is C22H28ClF3N2O. The lowest BCUT2D eigenvalue weighted by molar-refractivity contribution is -0.137. The van der Waals surface area contributed by atoms with E-state index in [0.717, 1.165) is 55.0 Å². The average Bonchev–Trinajstić information content (AvgIpc) is 2.69. The second-order valence-electron chi connectivity index (χ2n) is 8.03. The summed E-state index contributed by atoms with van der Waals surface area (Å²) in [6, 6.07) is 13.2. The Balaban J connectivity index is 0.00000300. The maximum Gasteiger partial charge on any atom is 0.416 e. The molecule has 160 valence electrons. The topological polar surface area (TPSA) is 35.5 Å². The van der Waals surface area contributed by atoms with Crippen molar-refractivity contribution in [3.8, 4) is 11.1 Å². The second kappa shape index (κ2) is 9.47. The van der Waals surface area contributed by atoms with E-state index in [1.165, 1.54) is 12.1 Å². The van der Waals surface area contributed by atoms with E-state index in [1.54, 1.807) is 0 Å². The highest BCUT2D eigenvalue weighted by molar-refractivity contribution is 5.85. The molecule has 1 fully saturated rings. The number of nitrogens with zero attached hydrogens (tertiary/aromatic N) is 1. The quantitative estimate of drug-likeness (QED) is 0.720. The number of hydrogen-bond donors (Lipinski definition) is 2. The monoisotopic (exact) mass is 428 g/mol. The largest absolute Gasteiger partial charge is 0.416 e. The van der Waals surface area contributed by atoms with Crippen molar-refractivity contribution in [2.45, 2.75) is 26.1 Å². The maximum atomic E-state index is 12.8. The molecule has 3 nitrogen and oxygen atoms in total. The van der Waals surface area contributed by atoms with Gasteiger partial charge in [-0.3, -0.25) is 4.90 Å². The number of rotatable bonds is 5. The van der Waals surface area contributed by atoms with Crippen molar-refractivity contribution in [1.29, 1.82) is 0 Å². The Morgan fingerprint density at radius 1 is 0.931 bits per heavy atom. The zero-order valence-electron chi connectivity index (χ0n) is 16.7. The highest BCUT2D eigenvalue weighted by Crippen LogP contribution is 2.39. The first kappa shape index (κ1) is 23.7. The van der Waals surface area contributed by atoms with Crippen molar-refractivity contribution in [3.05, 3.63) is 59.7 Å². The predicted octanol–water partition coefficient (Wildman–Crippen LogP) is 4.76. The molecule has 7 heteroatoms. The van der Waals surface area contributed by atoms with Gasteiger partial charge in [0.05, 0.1) is 5.56 Å². The molecule has 0 unspecified atom stereocenters. The average molecular weight is 429 g/mol. The van der Waals surface area contributed by atoms with Gasteiger partial charge in [0.25, 0.3) is 0 Å². The van der Waals surface area contributed by atoms with Crippen LogP contribution in [0.5, 0.6) is 0 Å². The number of piperazine rings is 1. The standard InChI is InChI=1S/C22H27F3N2O.ClH/c1-21(2,15-28)20(27-13-11-26-12-14-27)18-5-3-16(4-6-18)17-7-9-19(10-8-17)22(23,24)25;/h3-10,20,26,28H,11-15H2,1-2H3;1H/t20-;/m0./s1. The molecule has 1 aliphatic rings. The minimum absolute atomic E-state index is 0. The molecule has 2 aromatic rings. The molecule has 1 atom stereocenters. The summed E-state index contributed by atoms with van der Waals surface area (Å²) in [6.07, 6.45) is -4.32. The summed E-state index contributed by atoms with van der Waals surface area (Å²) in [4.78, 5) is 2.39. The van der Waals surface area contributed by atoms with Crippen LogP contribution in [0.25, 0.3) is 11.1 Å². The summed E-state index contributed by atoms with van der Waals surface area (Å²) in [5, 5.41) is 13.3. The summed E-state index contributed by atoms with van der Waals surface area (Å²) >= 11 is 0. The van der Waals surface area contributed by atoms with Crippen molar-refractivity contribution < 1.29 is 18.3 Å². The molecule has 0 amide bonds. The van der Waals surface area contributed by atoms with Gasteiger partial charge in [-0.05, 0) is 28.8 Å². The lowest BCUT2D eigenvalue weighted by Gasteiger charge is -2.43. The van der Waals surface area contributed by atoms with E-state index in [0.29, 0.717) is 0 Å². The molecule has 29 heavy (non-hydrogen) atoms. The summed E-state index contributed by atoms with van der Waals surface area (Å²) in [7, 11) is 0. The Morgan fingerprint density at radius 3 is 1.86 bits per heavy atom. The molecule has 0 aliphatic carbocycles. The van der Waals surface area contributed by atoms with E-state index in [4.69, 9.17) is 0 Å². The van der Waals surface area contributed by atoms with Gasteiger partial charge < -0.3 is 10.4 Å². The van der Waals surface area contributed by atoms with E-state index < -0.39 is 11.7 Å². The van der Waals surface area contributed by atoms with E-state index in [1.807, 2.05) is 24.3 Å². The number of aliphatic hydroxyl groups is 1. The first-order valence-corrected chi connectivity index (χ1v) is 9.55. The molecule has 1 heterocycles. The molecule has 3 rings (SSSR count). The van der Waals surface area contributed by atoms with Crippen LogP contribution >= 0.6 is 12.4 Å². The highest BCUT2D eigenvalue weighted by atomic mass is 35.5. The van der Waals surface area contributed by atoms with Crippen molar-refractivity contribution in [2.75, 3.05) is 32.8 Å². The van der Waals surface area contributed by atoms with Gasteiger partial charge in [0, 0.05) is 44.2 Å². The lowest BCUT2D eigenvalue weighted by atomic mass is 9.79. The molecule has 0 bridgehead atoms. The van der Waals surface area contributed by atoms with Crippen molar-refractivity contribution in [2.24, 2.45) is 5.41 Å². The van der Waals surface area contributed by atoms with Crippen molar-refractivity contribution in [1.82, 2.24) is 10.2 Å². The first-order chi connectivity index (χ1) is 13.2. The van der Waals surface area contributed by atoms with Crippen LogP contribution in [0.4, 0.5) is 13.2 Å². The fraction of sp³-hybridized carbons (Fsp3) is 0.455. The van der Waals surface area contributed by atoms with Crippen LogP contribution in [0, 0.1) is 5.41 Å². The van der Waals surface area contributed by atoms with E-state index in [-0.39, 0.29) is 30.5 Å². The Hall–Kier alpha value is -1.60. The molecule has 2 N–H and O–H groups in total. The number of halogens is 4. The minimum atomic E-state index is -4.32. The highest BCUT2D eigenvalue weighted by Gasteiger charge is 2.35. The summed E-state index contributed by atoms with van der Waals surface area (Å²) in [5.74, 6) is 0. The number of benzene rings is 2. The van der Waals surface area contributed by atoms with Crippen molar-refractivity contribution >= 4 is 12.4 Å². The van der Waals surface area contributed by atoms with Crippen LogP contribution in [-0.4, -0.2) is 42.8 Å². The molecule has 0 radical (unpaired) electrons. The van der Waals surface area contributed by atoms with Crippen LogP contribution in [0.15, 0.2) is 48.5 Å². The lowest BCUT2D eigenvalue weighted by Crippen LogP contribution is -2.49. The van der Waals surface area contributed by atoms with Crippen LogP contribution in [0.3, 0.4) is 0 Å². The fourth-order valence-electron chi connectivity index (χ4n) is 3.89. The smallest absolute Gasteiger partial charge is 0.396 e. The number of aliphatic hydroxyl groups excluding tert-OH is 1. The Labute approximate surface area is 176 Å². The third-order valence-electron chi connectivity index (χ3n) is 5.44. The SMILES string of the molecule is CC(C)(CO)[C@H](c1ccc(-c2ccc(C(F)(F)F)cc2)cc1)N1CCNCC1.Cl. The van der Waals surface area contributed by atoms with E-state index in [2.05, 4.69) is 24.1 Å². The summed E-state index contributed by atoms with van der Waals surface area (Å²) in [6.45, 7) is 7.85. The fourth-order valence-corrected chi connectivity index (χ4v) is 3.89. The van der Waals surface area contributed by atoms with E-state index >= 15 is 0 Å². The van der Waals surface area contributed by atoms with Crippen LogP contribution in [0.2, 0.25) is 0 Å². The molecule has 1 saturated heterocycles. The second-order valence-corrected chi connectivity index (χ2v) is 8.03. The predicted molar refractivity (Wildman–Crippen MR) is 112 cm³/mol. The van der Waals surface area contributed by atoms with Crippen LogP contribution in [0.1, 0.15) is 31.0 Å². The number of alkyl halides is 3. The Kier molecular flexibility index (Phi) is 7.74. The van der Waals surface area contributed by atoms with Gasteiger partial charge in [-0.25, -0.2) is 0 Å². The maximum absolute atomic E-state index is 12.8. The van der Waals surface area contributed by atoms with Crippen LogP contribution in [-0.2, 0) is 6.18 Å². The normalized spacial score (nSPS) is 16.9. The van der Waals surface area contributed by atoms with Gasteiger partial charge in [0.1, 0.15) is 0 Å². The molecule has 0 saturated carbocycles. The van der Waals surface area contributed by atoms with Gasteiger partial charge in [-0.15, -0.1) is 12.4 Å². The Morgan fingerprint density at radius 2 is 1.41 bits per heavy atom. The minimum Gasteiger partial charge on any atom is -0.396 e. The summed E-state index contributed by atoms with van der Waals surface area (Å²) < 4.78 is 38.3. The number of hydrogen-bond acceptors (Lipinski definition) is 3. The molecule has 2 aromatic carbocycles. The van der Waals surface area contributed by atoms with Gasteiger partial charge >= 0.3 is 6.18 Å². The molecule has 0 spiro atoms. The molecular weight excluding hydrogens is 401 g/mol. The van der Waals surface area contributed by atoms with E-state index in [9.17, 15) is 18.3 Å².